The Bertz CT molecular complexity index is 581. The molecule has 1 heterocycles. The fourth-order valence-electron chi connectivity index (χ4n) is 1.97. The van der Waals surface area contributed by atoms with Crippen molar-refractivity contribution < 1.29 is 4.21 Å². The number of unbranched alkanes of at least 4 members (excludes halogenated alkanes) is 1. The van der Waals surface area contributed by atoms with Gasteiger partial charge in [-0.1, -0.05) is 31.5 Å². The SMILES string of the molecule is CCCCNS(=O)c1ccc(-c2cccnc2C)cc1. The molecular formula is C16H20N2OS. The molecule has 0 spiro atoms. The minimum absolute atomic E-state index is 0.784. The van der Waals surface area contributed by atoms with Crippen LogP contribution in [0.2, 0.25) is 0 Å². The molecule has 2 aromatic rings. The lowest BCUT2D eigenvalue weighted by molar-refractivity contribution is 0.665. The lowest BCUT2D eigenvalue weighted by Crippen LogP contribution is -2.18. The smallest absolute Gasteiger partial charge is 0.124 e. The van der Waals surface area contributed by atoms with Crippen LogP contribution in [0.3, 0.4) is 0 Å². The highest BCUT2D eigenvalue weighted by Crippen LogP contribution is 2.22. The highest BCUT2D eigenvalue weighted by Gasteiger charge is 2.05. The minimum Gasteiger partial charge on any atom is -0.261 e. The number of hydrogen-bond donors (Lipinski definition) is 1. The molecule has 20 heavy (non-hydrogen) atoms. The number of hydrogen-bond acceptors (Lipinski definition) is 2. The molecule has 1 aromatic heterocycles. The summed E-state index contributed by atoms with van der Waals surface area (Å²) in [7, 11) is -1.12. The molecular weight excluding hydrogens is 268 g/mol. The van der Waals surface area contributed by atoms with Crippen LogP contribution in [0.15, 0.2) is 47.5 Å². The highest BCUT2D eigenvalue weighted by atomic mass is 32.2. The summed E-state index contributed by atoms with van der Waals surface area (Å²) < 4.78 is 15.1. The second kappa shape index (κ2) is 7.31. The average molecular weight is 288 g/mol. The molecule has 4 heteroatoms. The standard InChI is InChI=1S/C16H20N2OS/c1-3-4-12-18-20(19)15-9-7-14(8-10-15)16-6-5-11-17-13(16)2/h5-11,18H,3-4,12H2,1-2H3. The third-order valence-electron chi connectivity index (χ3n) is 3.15. The summed E-state index contributed by atoms with van der Waals surface area (Å²) in [6.07, 6.45) is 3.93. The van der Waals surface area contributed by atoms with Gasteiger partial charge in [-0.2, -0.15) is 0 Å². The molecule has 0 aliphatic heterocycles. The van der Waals surface area contributed by atoms with Crippen molar-refractivity contribution in [3.05, 3.63) is 48.3 Å². The van der Waals surface area contributed by atoms with Gasteiger partial charge in [0.25, 0.3) is 0 Å². The Labute approximate surface area is 123 Å². The number of nitrogens with one attached hydrogen (secondary N) is 1. The van der Waals surface area contributed by atoms with Gasteiger partial charge in [-0.15, -0.1) is 0 Å². The summed E-state index contributed by atoms with van der Waals surface area (Å²) >= 11 is 0. The number of rotatable bonds is 6. The average Bonchev–Trinajstić information content (AvgIpc) is 2.48. The molecule has 1 atom stereocenters. The van der Waals surface area contributed by atoms with Gasteiger partial charge < -0.3 is 0 Å². The van der Waals surface area contributed by atoms with Crippen molar-refractivity contribution in [3.8, 4) is 11.1 Å². The number of pyridine rings is 1. The third-order valence-corrected chi connectivity index (χ3v) is 4.32. The highest BCUT2D eigenvalue weighted by molar-refractivity contribution is 7.83. The van der Waals surface area contributed by atoms with Crippen molar-refractivity contribution in [2.75, 3.05) is 6.54 Å². The lowest BCUT2D eigenvalue weighted by atomic mass is 10.1. The van der Waals surface area contributed by atoms with Crippen LogP contribution in [0.4, 0.5) is 0 Å². The van der Waals surface area contributed by atoms with Gasteiger partial charge >= 0.3 is 0 Å². The Morgan fingerprint density at radius 2 is 1.95 bits per heavy atom. The van der Waals surface area contributed by atoms with Crippen LogP contribution in [0, 0.1) is 6.92 Å². The number of aryl methyl sites for hydroxylation is 1. The molecule has 2 rings (SSSR count). The number of aromatic nitrogens is 1. The monoisotopic (exact) mass is 288 g/mol. The fraction of sp³-hybridized carbons (Fsp3) is 0.312. The van der Waals surface area contributed by atoms with Crippen LogP contribution < -0.4 is 4.72 Å². The van der Waals surface area contributed by atoms with Crippen molar-refractivity contribution >= 4 is 11.0 Å². The molecule has 1 unspecified atom stereocenters. The van der Waals surface area contributed by atoms with E-state index in [1.807, 2.05) is 43.3 Å². The van der Waals surface area contributed by atoms with E-state index in [1.165, 1.54) is 0 Å². The van der Waals surface area contributed by atoms with Crippen molar-refractivity contribution in [2.24, 2.45) is 0 Å². The van der Waals surface area contributed by atoms with Crippen molar-refractivity contribution in [1.82, 2.24) is 9.71 Å². The van der Waals surface area contributed by atoms with E-state index in [0.717, 1.165) is 41.1 Å². The van der Waals surface area contributed by atoms with Gasteiger partial charge in [0.2, 0.25) is 0 Å². The van der Waals surface area contributed by atoms with Crippen molar-refractivity contribution in [3.63, 3.8) is 0 Å². The third kappa shape index (κ3) is 3.74. The van der Waals surface area contributed by atoms with E-state index in [1.54, 1.807) is 6.20 Å². The van der Waals surface area contributed by atoms with E-state index in [-0.39, 0.29) is 0 Å². The first-order valence-electron chi connectivity index (χ1n) is 6.89. The van der Waals surface area contributed by atoms with E-state index < -0.39 is 11.0 Å². The van der Waals surface area contributed by atoms with Gasteiger partial charge in [0, 0.05) is 24.0 Å². The van der Waals surface area contributed by atoms with Crippen molar-refractivity contribution in [2.45, 2.75) is 31.6 Å². The summed E-state index contributed by atoms with van der Waals surface area (Å²) in [6.45, 7) is 4.90. The zero-order chi connectivity index (χ0) is 14.4. The molecule has 106 valence electrons. The topological polar surface area (TPSA) is 42.0 Å². The molecule has 0 saturated carbocycles. The first kappa shape index (κ1) is 14.9. The van der Waals surface area contributed by atoms with Crippen LogP contribution in [-0.2, 0) is 11.0 Å². The summed E-state index contributed by atoms with van der Waals surface area (Å²) in [6, 6.07) is 11.8. The summed E-state index contributed by atoms with van der Waals surface area (Å²) in [5.41, 5.74) is 3.22. The zero-order valence-electron chi connectivity index (χ0n) is 11.9. The van der Waals surface area contributed by atoms with E-state index in [9.17, 15) is 4.21 Å². The molecule has 0 fully saturated rings. The summed E-state index contributed by atoms with van der Waals surface area (Å²) in [4.78, 5) is 5.10. The second-order valence-corrected chi connectivity index (χ2v) is 5.97. The van der Waals surface area contributed by atoms with Crippen LogP contribution in [0.25, 0.3) is 11.1 Å². The quantitative estimate of drug-likeness (QED) is 0.827. The molecule has 0 saturated heterocycles. The largest absolute Gasteiger partial charge is 0.261 e. The van der Waals surface area contributed by atoms with Gasteiger partial charge in [-0.25, -0.2) is 8.93 Å². The van der Waals surface area contributed by atoms with E-state index >= 15 is 0 Å². The molecule has 0 aliphatic rings. The first-order chi connectivity index (χ1) is 9.72. The van der Waals surface area contributed by atoms with Gasteiger partial charge in [0.1, 0.15) is 11.0 Å². The van der Waals surface area contributed by atoms with Crippen LogP contribution in [0.1, 0.15) is 25.5 Å². The molecule has 0 radical (unpaired) electrons. The Hall–Kier alpha value is -1.52. The van der Waals surface area contributed by atoms with Gasteiger partial charge in [0.15, 0.2) is 0 Å². The molecule has 1 N–H and O–H groups in total. The number of nitrogens with zero attached hydrogens (tertiary/aromatic N) is 1. The number of benzene rings is 1. The van der Waals surface area contributed by atoms with Crippen LogP contribution in [-0.4, -0.2) is 15.7 Å². The predicted molar refractivity (Wildman–Crippen MR) is 83.7 cm³/mol. The maximum absolute atomic E-state index is 12.0. The predicted octanol–water partition coefficient (Wildman–Crippen LogP) is 3.47. The minimum atomic E-state index is -1.12. The summed E-state index contributed by atoms with van der Waals surface area (Å²) in [5, 5.41) is 0. The van der Waals surface area contributed by atoms with E-state index in [0.29, 0.717) is 0 Å². The Kier molecular flexibility index (Phi) is 5.44. The molecule has 3 nitrogen and oxygen atoms in total. The Balaban J connectivity index is 2.10. The van der Waals surface area contributed by atoms with E-state index in [4.69, 9.17) is 0 Å². The van der Waals surface area contributed by atoms with Crippen LogP contribution >= 0.6 is 0 Å². The molecule has 0 bridgehead atoms. The molecule has 0 aliphatic carbocycles. The van der Waals surface area contributed by atoms with Gasteiger partial charge in [0.05, 0.1) is 4.90 Å². The maximum Gasteiger partial charge on any atom is 0.124 e. The second-order valence-electron chi connectivity index (χ2n) is 4.68. The Morgan fingerprint density at radius 3 is 2.60 bits per heavy atom. The summed E-state index contributed by atoms with van der Waals surface area (Å²) in [5.74, 6) is 0. The maximum atomic E-state index is 12.0. The van der Waals surface area contributed by atoms with Crippen LogP contribution in [0.5, 0.6) is 0 Å². The Morgan fingerprint density at radius 1 is 1.20 bits per heavy atom. The lowest BCUT2D eigenvalue weighted by Gasteiger charge is -2.07. The van der Waals surface area contributed by atoms with Crippen molar-refractivity contribution in [1.29, 1.82) is 0 Å². The van der Waals surface area contributed by atoms with E-state index in [2.05, 4.69) is 16.6 Å². The van der Waals surface area contributed by atoms with Gasteiger partial charge in [-0.3, -0.25) is 4.98 Å². The fourth-order valence-corrected chi connectivity index (χ4v) is 2.85. The van der Waals surface area contributed by atoms with Gasteiger partial charge in [-0.05, 0) is 37.1 Å². The molecule has 0 amide bonds. The molecule has 1 aromatic carbocycles. The zero-order valence-corrected chi connectivity index (χ0v) is 12.7. The first-order valence-corrected chi connectivity index (χ1v) is 8.04. The normalized spacial score (nSPS) is 12.3.